The number of epoxide rings is 1. The zero-order valence-electron chi connectivity index (χ0n) is 20.8. The Morgan fingerprint density at radius 1 is 1.15 bits per heavy atom. The summed E-state index contributed by atoms with van der Waals surface area (Å²) in [4.78, 5) is 0.0802. The van der Waals surface area contributed by atoms with E-state index >= 15 is 0 Å². The van der Waals surface area contributed by atoms with Crippen molar-refractivity contribution in [2.75, 3.05) is 6.61 Å². The number of aliphatic hydroxyl groups is 1. The average Bonchev–Trinajstić information content (AvgIpc) is 3.34. The first-order chi connectivity index (χ1) is 15.6. The number of benzene rings is 1. The number of aryl methyl sites for hydroxylation is 1. The van der Waals surface area contributed by atoms with Gasteiger partial charge in [-0.25, -0.2) is 0 Å². The van der Waals surface area contributed by atoms with Crippen molar-refractivity contribution in [3.63, 3.8) is 0 Å². The third-order valence-electron chi connectivity index (χ3n) is 9.60. The zero-order chi connectivity index (χ0) is 24.7. The minimum Gasteiger partial charge on any atom is -0.408 e. The standard InChI is InChI=1S/C25H34O7SSi/c1-15-8-10-17(11-9-15)33(27,28)31-19-13-23-16(2)12-18-24(23,30-18)21(3)14-29-25(26,22(19,21)4)20(23)32-34(5,6)7/h8-11,13,16,18,20,26H,12,14H2,1-7H3/t16-,18?,20?,21?,22?,23?,24?,25?/m0/s1. The summed E-state index contributed by atoms with van der Waals surface area (Å²) in [5.41, 5.74) is -2.24. The van der Waals surface area contributed by atoms with Gasteiger partial charge in [0.1, 0.15) is 22.4 Å². The van der Waals surface area contributed by atoms with E-state index in [1.165, 1.54) is 0 Å². The van der Waals surface area contributed by atoms with Gasteiger partial charge in [0.25, 0.3) is 0 Å². The predicted octanol–water partition coefficient (Wildman–Crippen LogP) is 3.73. The topological polar surface area (TPSA) is 94.6 Å². The monoisotopic (exact) mass is 506 g/mol. The van der Waals surface area contributed by atoms with Crippen LogP contribution in [0.5, 0.6) is 0 Å². The molecular weight excluding hydrogens is 472 g/mol. The molecule has 34 heavy (non-hydrogen) atoms. The summed E-state index contributed by atoms with van der Waals surface area (Å²) in [5, 5.41) is 12.3. The van der Waals surface area contributed by atoms with Gasteiger partial charge < -0.3 is 23.2 Å². The Hall–Kier alpha value is -1.23. The Kier molecular flexibility index (Phi) is 4.21. The quantitative estimate of drug-likeness (QED) is 0.369. The molecule has 4 aliphatic carbocycles. The van der Waals surface area contributed by atoms with Crippen molar-refractivity contribution in [3.8, 4) is 0 Å². The van der Waals surface area contributed by atoms with Crippen LogP contribution in [0.15, 0.2) is 41.0 Å². The van der Waals surface area contributed by atoms with E-state index in [-0.39, 0.29) is 29.3 Å². The molecule has 4 bridgehead atoms. The summed E-state index contributed by atoms with van der Waals surface area (Å²) >= 11 is 0. The van der Waals surface area contributed by atoms with E-state index in [1.807, 2.05) is 19.9 Å². The molecule has 7 rings (SSSR count). The van der Waals surface area contributed by atoms with E-state index < -0.39 is 52.2 Å². The van der Waals surface area contributed by atoms with Crippen LogP contribution in [0.2, 0.25) is 19.6 Å². The molecule has 4 fully saturated rings. The molecule has 186 valence electrons. The van der Waals surface area contributed by atoms with Gasteiger partial charge in [-0.2, -0.15) is 8.42 Å². The van der Waals surface area contributed by atoms with Crippen LogP contribution in [0.3, 0.4) is 0 Å². The summed E-state index contributed by atoms with van der Waals surface area (Å²) in [7, 11) is -6.27. The molecule has 2 heterocycles. The Balaban J connectivity index is 1.57. The van der Waals surface area contributed by atoms with E-state index in [9.17, 15) is 13.5 Å². The molecule has 0 aromatic heterocycles. The maximum Gasteiger partial charge on any atom is 0.338 e. The molecule has 2 saturated heterocycles. The molecule has 8 atom stereocenters. The van der Waals surface area contributed by atoms with Crippen molar-refractivity contribution < 1.29 is 31.6 Å². The third kappa shape index (κ3) is 2.26. The zero-order valence-corrected chi connectivity index (χ0v) is 22.7. The van der Waals surface area contributed by atoms with E-state index in [0.29, 0.717) is 0 Å². The van der Waals surface area contributed by atoms with Crippen molar-refractivity contribution in [3.05, 3.63) is 41.7 Å². The van der Waals surface area contributed by atoms with E-state index in [1.54, 1.807) is 24.3 Å². The highest BCUT2D eigenvalue weighted by atomic mass is 32.2. The van der Waals surface area contributed by atoms with Crippen LogP contribution >= 0.6 is 0 Å². The maximum absolute atomic E-state index is 13.4. The Bertz CT molecular complexity index is 1220. The first kappa shape index (κ1) is 23.2. The van der Waals surface area contributed by atoms with Crippen LogP contribution in [0.25, 0.3) is 0 Å². The lowest BCUT2D eigenvalue weighted by Crippen LogP contribution is -2.79. The Morgan fingerprint density at radius 2 is 1.79 bits per heavy atom. The van der Waals surface area contributed by atoms with Crippen molar-refractivity contribution in [1.29, 1.82) is 0 Å². The number of rotatable bonds is 5. The molecule has 7 unspecified atom stereocenters. The van der Waals surface area contributed by atoms with Gasteiger partial charge in [-0.1, -0.05) is 31.5 Å². The minimum atomic E-state index is -4.13. The van der Waals surface area contributed by atoms with Gasteiger partial charge in [0, 0.05) is 5.41 Å². The third-order valence-corrected chi connectivity index (χ3v) is 11.8. The summed E-state index contributed by atoms with van der Waals surface area (Å²) < 4.78 is 52.2. The van der Waals surface area contributed by atoms with Crippen LogP contribution in [0.1, 0.15) is 32.8 Å². The first-order valence-electron chi connectivity index (χ1n) is 12.1. The maximum atomic E-state index is 13.4. The van der Waals surface area contributed by atoms with Gasteiger partial charge in [-0.15, -0.1) is 0 Å². The number of hydrogen-bond acceptors (Lipinski definition) is 7. The molecule has 2 saturated carbocycles. The lowest BCUT2D eigenvalue weighted by Gasteiger charge is -2.67. The van der Waals surface area contributed by atoms with Crippen molar-refractivity contribution in [2.24, 2.45) is 22.2 Å². The lowest BCUT2D eigenvalue weighted by molar-refractivity contribution is -0.331. The Labute approximate surface area is 202 Å². The summed E-state index contributed by atoms with van der Waals surface area (Å²) in [6.45, 7) is 14.5. The normalized spacial score (nSPS) is 48.4. The molecule has 2 aliphatic heterocycles. The molecule has 0 amide bonds. The fourth-order valence-corrected chi connectivity index (χ4v) is 9.89. The van der Waals surface area contributed by atoms with Crippen molar-refractivity contribution >= 4 is 18.4 Å². The second-order valence-electron chi connectivity index (χ2n) is 12.3. The largest absolute Gasteiger partial charge is 0.408 e. The van der Waals surface area contributed by atoms with Crippen LogP contribution in [-0.4, -0.2) is 52.0 Å². The predicted molar refractivity (Wildman–Crippen MR) is 127 cm³/mol. The second kappa shape index (κ2) is 6.18. The lowest BCUT2D eigenvalue weighted by atomic mass is 9.38. The molecule has 1 aromatic carbocycles. The number of ether oxygens (including phenoxy) is 2. The van der Waals surface area contributed by atoms with Gasteiger partial charge in [0.2, 0.25) is 5.79 Å². The molecule has 2 spiro atoms. The highest BCUT2D eigenvalue weighted by Gasteiger charge is 2.97. The molecule has 1 aromatic rings. The minimum absolute atomic E-state index is 0.0253. The highest BCUT2D eigenvalue weighted by molar-refractivity contribution is 7.86. The molecule has 0 radical (unpaired) electrons. The number of hydrogen-bond donors (Lipinski definition) is 1. The van der Waals surface area contributed by atoms with Crippen LogP contribution in [0, 0.1) is 29.1 Å². The summed E-state index contributed by atoms with van der Waals surface area (Å²) in [6.07, 6.45) is 2.11. The second-order valence-corrected chi connectivity index (χ2v) is 18.3. The van der Waals surface area contributed by atoms with Gasteiger partial charge in [-0.05, 0) is 64.0 Å². The van der Waals surface area contributed by atoms with E-state index in [4.69, 9.17) is 18.1 Å². The highest BCUT2D eigenvalue weighted by Crippen LogP contribution is 2.87. The van der Waals surface area contributed by atoms with Gasteiger partial charge in [-0.3, -0.25) is 0 Å². The molecule has 6 aliphatic rings. The smallest absolute Gasteiger partial charge is 0.338 e. The summed E-state index contributed by atoms with van der Waals surface area (Å²) in [5.74, 6) is -1.42. The summed E-state index contributed by atoms with van der Waals surface area (Å²) in [6, 6.07) is 6.58. The molecule has 9 heteroatoms. The fourth-order valence-electron chi connectivity index (χ4n) is 7.81. The Morgan fingerprint density at radius 3 is 2.41 bits per heavy atom. The molecule has 7 nitrogen and oxygen atoms in total. The molecule has 1 N–H and O–H groups in total. The SMILES string of the molecule is Cc1ccc(S(=O)(=O)OC2=CC34C(O[Si](C)(C)C)C5(O)OCC(C)(C25C)C32OC2C[C@@H]4C)cc1. The van der Waals surface area contributed by atoms with Crippen molar-refractivity contribution in [1.82, 2.24) is 0 Å². The average molecular weight is 507 g/mol. The van der Waals surface area contributed by atoms with E-state index in [2.05, 4.69) is 33.5 Å². The van der Waals surface area contributed by atoms with Gasteiger partial charge >= 0.3 is 10.1 Å². The fraction of sp³-hybridized carbons (Fsp3) is 0.680. The van der Waals surface area contributed by atoms with Gasteiger partial charge in [0.05, 0.1) is 23.5 Å². The van der Waals surface area contributed by atoms with Crippen LogP contribution < -0.4 is 0 Å². The van der Waals surface area contributed by atoms with E-state index in [0.717, 1.165) is 12.0 Å². The van der Waals surface area contributed by atoms with Gasteiger partial charge in [0.15, 0.2) is 8.32 Å². The van der Waals surface area contributed by atoms with Crippen LogP contribution in [0.4, 0.5) is 0 Å². The molecular formula is C25H34O7SSi. The van der Waals surface area contributed by atoms with Crippen molar-refractivity contribution in [2.45, 2.75) is 82.2 Å². The first-order valence-corrected chi connectivity index (χ1v) is 16.9. The van der Waals surface area contributed by atoms with Crippen LogP contribution in [-0.2, 0) is 28.2 Å².